The van der Waals surface area contributed by atoms with Crippen molar-refractivity contribution in [3.05, 3.63) is 41.4 Å². The third kappa shape index (κ3) is 3.83. The van der Waals surface area contributed by atoms with E-state index in [1.54, 1.807) is 0 Å². The Morgan fingerprint density at radius 3 is 2.72 bits per heavy atom. The van der Waals surface area contributed by atoms with E-state index in [4.69, 9.17) is 11.6 Å². The van der Waals surface area contributed by atoms with E-state index >= 15 is 0 Å². The third-order valence-corrected chi connectivity index (χ3v) is 3.55. The topological polar surface area (TPSA) is 72.5 Å². The average molecular weight is 290 g/mol. The lowest BCUT2D eigenvalue weighted by Gasteiger charge is -2.07. The van der Waals surface area contributed by atoms with Gasteiger partial charge in [-0.05, 0) is 18.2 Å². The first-order valence-electron chi connectivity index (χ1n) is 4.88. The maximum Gasteiger partial charge on any atom is 0.337 e. The molecule has 98 valence electrons. The lowest BCUT2D eigenvalue weighted by atomic mass is 10.2. The van der Waals surface area contributed by atoms with Gasteiger partial charge >= 0.3 is 5.97 Å². The van der Waals surface area contributed by atoms with Crippen LogP contribution in [0.25, 0.3) is 0 Å². The maximum absolute atomic E-state index is 11.8. The number of benzene rings is 1. The molecular formula is C11H12ClNO4S. The van der Waals surface area contributed by atoms with Gasteiger partial charge in [0.25, 0.3) is 0 Å². The Morgan fingerprint density at radius 2 is 2.17 bits per heavy atom. The summed E-state index contributed by atoms with van der Waals surface area (Å²) in [5, 5.41) is 0.169. The zero-order valence-electron chi connectivity index (χ0n) is 9.64. The molecule has 0 heterocycles. The number of nitrogens with one attached hydrogen (secondary N) is 1. The van der Waals surface area contributed by atoms with Crippen molar-refractivity contribution in [3.8, 4) is 0 Å². The summed E-state index contributed by atoms with van der Waals surface area (Å²) in [6.45, 7) is 3.30. The summed E-state index contributed by atoms with van der Waals surface area (Å²) < 4.78 is 30.4. The molecule has 0 radical (unpaired) electrons. The van der Waals surface area contributed by atoms with Crippen molar-refractivity contribution in [1.82, 2.24) is 4.72 Å². The molecule has 0 atom stereocenters. The monoisotopic (exact) mass is 289 g/mol. The molecule has 0 aliphatic carbocycles. The van der Waals surface area contributed by atoms with Crippen molar-refractivity contribution in [3.63, 3.8) is 0 Å². The number of halogens is 1. The summed E-state index contributed by atoms with van der Waals surface area (Å²) in [6.07, 6.45) is 0. The quantitative estimate of drug-likeness (QED) is 0.834. The number of hydrogen-bond donors (Lipinski definition) is 1. The summed E-state index contributed by atoms with van der Waals surface area (Å²) in [5.41, 5.74) is 0.157. The van der Waals surface area contributed by atoms with E-state index in [1.807, 2.05) is 0 Å². The molecule has 0 saturated carbocycles. The first kappa shape index (κ1) is 14.7. The number of rotatable bonds is 5. The summed E-state index contributed by atoms with van der Waals surface area (Å²) >= 11 is 5.48. The molecule has 0 aliphatic rings. The highest BCUT2D eigenvalue weighted by Gasteiger charge is 2.16. The Balaban J connectivity index is 3.02. The van der Waals surface area contributed by atoms with Gasteiger partial charge in [-0.15, -0.1) is 0 Å². The Hall–Kier alpha value is -1.37. The van der Waals surface area contributed by atoms with E-state index in [0.717, 1.165) is 0 Å². The van der Waals surface area contributed by atoms with Gasteiger partial charge in [0, 0.05) is 11.6 Å². The van der Waals surface area contributed by atoms with Crippen molar-refractivity contribution in [1.29, 1.82) is 0 Å². The minimum absolute atomic E-state index is 0.0386. The molecule has 7 heteroatoms. The van der Waals surface area contributed by atoms with Crippen molar-refractivity contribution in [2.24, 2.45) is 0 Å². The van der Waals surface area contributed by atoms with Gasteiger partial charge in [-0.25, -0.2) is 17.9 Å². The lowest BCUT2D eigenvalue weighted by Crippen LogP contribution is -2.25. The van der Waals surface area contributed by atoms with E-state index in [-0.39, 0.29) is 22.0 Å². The van der Waals surface area contributed by atoms with E-state index < -0.39 is 16.0 Å². The highest BCUT2D eigenvalue weighted by Crippen LogP contribution is 2.12. The predicted molar refractivity (Wildman–Crippen MR) is 68.0 cm³/mol. The van der Waals surface area contributed by atoms with Gasteiger partial charge in [-0.3, -0.25) is 0 Å². The van der Waals surface area contributed by atoms with Crippen LogP contribution in [0, 0.1) is 0 Å². The smallest absolute Gasteiger partial charge is 0.337 e. The number of esters is 1. The Kier molecular flexibility index (Phi) is 4.89. The molecule has 0 aromatic heterocycles. The highest BCUT2D eigenvalue weighted by molar-refractivity contribution is 7.89. The summed E-state index contributed by atoms with van der Waals surface area (Å²) in [5.74, 6) is -0.603. The second kappa shape index (κ2) is 5.99. The minimum atomic E-state index is -3.72. The van der Waals surface area contributed by atoms with Crippen LogP contribution in [-0.4, -0.2) is 28.0 Å². The second-order valence-electron chi connectivity index (χ2n) is 3.36. The fourth-order valence-electron chi connectivity index (χ4n) is 1.16. The molecule has 0 aliphatic heterocycles. The molecule has 0 spiro atoms. The van der Waals surface area contributed by atoms with E-state index in [2.05, 4.69) is 16.0 Å². The molecule has 1 aromatic carbocycles. The molecule has 1 aromatic rings. The highest BCUT2D eigenvalue weighted by atomic mass is 35.5. The van der Waals surface area contributed by atoms with Gasteiger partial charge in [0.1, 0.15) is 0 Å². The molecule has 1 rings (SSSR count). The van der Waals surface area contributed by atoms with Gasteiger partial charge in [0.2, 0.25) is 10.0 Å². The van der Waals surface area contributed by atoms with Gasteiger partial charge in [0.15, 0.2) is 0 Å². The maximum atomic E-state index is 11.8. The Morgan fingerprint density at radius 1 is 1.50 bits per heavy atom. The van der Waals surface area contributed by atoms with Crippen LogP contribution >= 0.6 is 11.6 Å². The van der Waals surface area contributed by atoms with Crippen molar-refractivity contribution in [2.75, 3.05) is 13.7 Å². The third-order valence-electron chi connectivity index (χ3n) is 2.02. The molecule has 1 N–H and O–H groups in total. The fraction of sp³-hybridized carbons (Fsp3) is 0.182. The van der Waals surface area contributed by atoms with Crippen LogP contribution < -0.4 is 4.72 Å². The Bertz CT molecular complexity index is 568. The molecule has 0 unspecified atom stereocenters. The molecule has 0 amide bonds. The SMILES string of the molecule is C=C(Cl)CNS(=O)(=O)c1cccc(C(=O)OC)c1. The lowest BCUT2D eigenvalue weighted by molar-refractivity contribution is 0.0600. The predicted octanol–water partition coefficient (Wildman–Crippen LogP) is 1.50. The van der Waals surface area contributed by atoms with Gasteiger partial charge in [0.05, 0.1) is 17.6 Å². The van der Waals surface area contributed by atoms with Crippen LogP contribution in [0.2, 0.25) is 0 Å². The number of carbonyl (C=O) groups is 1. The van der Waals surface area contributed by atoms with E-state index in [9.17, 15) is 13.2 Å². The number of carbonyl (C=O) groups excluding carboxylic acids is 1. The molecular weight excluding hydrogens is 278 g/mol. The molecule has 0 fully saturated rings. The zero-order chi connectivity index (χ0) is 13.8. The summed E-state index contributed by atoms with van der Waals surface area (Å²) in [6, 6.07) is 5.51. The average Bonchev–Trinajstić information content (AvgIpc) is 2.35. The van der Waals surface area contributed by atoms with Crippen LogP contribution in [0.3, 0.4) is 0 Å². The van der Waals surface area contributed by atoms with Crippen LogP contribution in [0.5, 0.6) is 0 Å². The standard InChI is InChI=1S/C11H12ClNO4S/c1-8(12)7-13-18(15,16)10-5-3-4-9(6-10)11(14)17-2/h3-6,13H,1,7H2,2H3. The molecule has 0 saturated heterocycles. The Labute approximate surface area is 110 Å². The van der Waals surface area contributed by atoms with Crippen molar-refractivity contribution in [2.45, 2.75) is 4.90 Å². The largest absolute Gasteiger partial charge is 0.465 e. The minimum Gasteiger partial charge on any atom is -0.465 e. The van der Waals surface area contributed by atoms with Crippen LogP contribution in [0.15, 0.2) is 40.8 Å². The number of hydrogen-bond acceptors (Lipinski definition) is 4. The van der Waals surface area contributed by atoms with E-state index in [0.29, 0.717) is 0 Å². The normalized spacial score (nSPS) is 11.0. The van der Waals surface area contributed by atoms with Crippen LogP contribution in [0.4, 0.5) is 0 Å². The summed E-state index contributed by atoms with van der Waals surface area (Å²) in [7, 11) is -2.50. The van der Waals surface area contributed by atoms with Crippen molar-refractivity contribution < 1.29 is 17.9 Å². The molecule has 5 nitrogen and oxygen atoms in total. The van der Waals surface area contributed by atoms with Gasteiger partial charge in [-0.2, -0.15) is 0 Å². The zero-order valence-corrected chi connectivity index (χ0v) is 11.2. The number of sulfonamides is 1. The van der Waals surface area contributed by atoms with E-state index in [1.165, 1.54) is 31.4 Å². The molecule has 0 bridgehead atoms. The van der Waals surface area contributed by atoms with Gasteiger partial charge in [-0.1, -0.05) is 24.2 Å². The van der Waals surface area contributed by atoms with Crippen molar-refractivity contribution >= 4 is 27.6 Å². The fourth-order valence-corrected chi connectivity index (χ4v) is 2.38. The van der Waals surface area contributed by atoms with Crippen LogP contribution in [-0.2, 0) is 14.8 Å². The molecule has 18 heavy (non-hydrogen) atoms. The first-order chi connectivity index (χ1) is 8.36. The first-order valence-corrected chi connectivity index (χ1v) is 6.74. The second-order valence-corrected chi connectivity index (χ2v) is 5.66. The number of ether oxygens (including phenoxy) is 1. The van der Waals surface area contributed by atoms with Gasteiger partial charge < -0.3 is 4.74 Å². The number of methoxy groups -OCH3 is 1. The van der Waals surface area contributed by atoms with Crippen LogP contribution in [0.1, 0.15) is 10.4 Å². The summed E-state index contributed by atoms with van der Waals surface area (Å²) in [4.78, 5) is 11.2.